The molecular formula is C13H15BrFNO3. The monoisotopic (exact) mass is 331 g/mol. The predicted molar refractivity (Wildman–Crippen MR) is 72.0 cm³/mol. The molecule has 4 nitrogen and oxygen atoms in total. The van der Waals surface area contributed by atoms with Crippen LogP contribution in [-0.2, 0) is 4.74 Å². The van der Waals surface area contributed by atoms with Crippen LogP contribution in [0.25, 0.3) is 0 Å². The van der Waals surface area contributed by atoms with Crippen molar-refractivity contribution in [2.24, 2.45) is 0 Å². The lowest BCUT2D eigenvalue weighted by Crippen LogP contribution is -2.28. The summed E-state index contributed by atoms with van der Waals surface area (Å²) in [6.45, 7) is 1.47. The first-order valence-electron chi connectivity index (χ1n) is 6.05. The molecule has 0 spiro atoms. The standard InChI is InChI=1S/C13H15BrFNO3/c1-18-13(17)9-5-10(14)12(6-11(9)15)19-7-8-3-2-4-16-8/h5-6,8,16H,2-4,7H2,1H3/t8-/m1/s1. The zero-order valence-electron chi connectivity index (χ0n) is 10.5. The summed E-state index contributed by atoms with van der Waals surface area (Å²) in [6.07, 6.45) is 2.19. The maximum absolute atomic E-state index is 13.8. The highest BCUT2D eigenvalue weighted by Gasteiger charge is 2.18. The van der Waals surface area contributed by atoms with E-state index in [4.69, 9.17) is 4.74 Å². The van der Waals surface area contributed by atoms with Gasteiger partial charge in [0.25, 0.3) is 0 Å². The zero-order chi connectivity index (χ0) is 13.8. The molecule has 1 fully saturated rings. The molecule has 1 heterocycles. The van der Waals surface area contributed by atoms with Gasteiger partial charge in [-0.2, -0.15) is 0 Å². The van der Waals surface area contributed by atoms with Crippen molar-refractivity contribution < 1.29 is 18.7 Å². The van der Waals surface area contributed by atoms with Crippen molar-refractivity contribution >= 4 is 21.9 Å². The van der Waals surface area contributed by atoms with E-state index in [1.807, 2.05) is 0 Å². The van der Waals surface area contributed by atoms with Crippen LogP contribution in [0.1, 0.15) is 23.2 Å². The maximum atomic E-state index is 13.8. The van der Waals surface area contributed by atoms with E-state index >= 15 is 0 Å². The van der Waals surface area contributed by atoms with Gasteiger partial charge in [0, 0.05) is 12.1 Å². The Hall–Kier alpha value is -1.14. The van der Waals surface area contributed by atoms with Gasteiger partial charge in [-0.3, -0.25) is 0 Å². The van der Waals surface area contributed by atoms with Crippen LogP contribution < -0.4 is 10.1 Å². The molecule has 1 aromatic carbocycles. The molecule has 0 radical (unpaired) electrons. The van der Waals surface area contributed by atoms with Crippen LogP contribution in [0.3, 0.4) is 0 Å². The van der Waals surface area contributed by atoms with Crippen LogP contribution in [-0.4, -0.2) is 32.3 Å². The Labute approximate surface area is 119 Å². The summed E-state index contributed by atoms with van der Waals surface area (Å²) in [5, 5.41) is 3.29. The number of benzene rings is 1. The second-order valence-corrected chi connectivity index (χ2v) is 5.21. The summed E-state index contributed by atoms with van der Waals surface area (Å²) in [7, 11) is 1.21. The van der Waals surface area contributed by atoms with Gasteiger partial charge in [-0.15, -0.1) is 0 Å². The molecule has 0 aliphatic carbocycles. The molecule has 1 aromatic rings. The van der Waals surface area contributed by atoms with E-state index in [-0.39, 0.29) is 5.56 Å². The molecule has 0 unspecified atom stereocenters. The molecular weight excluding hydrogens is 317 g/mol. The lowest BCUT2D eigenvalue weighted by Gasteiger charge is -2.14. The lowest BCUT2D eigenvalue weighted by atomic mass is 10.2. The predicted octanol–water partition coefficient (Wildman–Crippen LogP) is 2.51. The number of hydrogen-bond acceptors (Lipinski definition) is 4. The van der Waals surface area contributed by atoms with Crippen molar-refractivity contribution in [2.75, 3.05) is 20.3 Å². The highest BCUT2D eigenvalue weighted by Crippen LogP contribution is 2.29. The number of esters is 1. The molecule has 2 rings (SSSR count). The zero-order valence-corrected chi connectivity index (χ0v) is 12.1. The third-order valence-corrected chi connectivity index (χ3v) is 3.65. The summed E-state index contributed by atoms with van der Waals surface area (Å²) in [5.41, 5.74) is -0.110. The van der Waals surface area contributed by atoms with Crippen LogP contribution in [0.2, 0.25) is 0 Å². The van der Waals surface area contributed by atoms with Crippen molar-refractivity contribution in [3.63, 3.8) is 0 Å². The van der Waals surface area contributed by atoms with E-state index < -0.39 is 11.8 Å². The number of methoxy groups -OCH3 is 1. The number of carbonyl (C=O) groups excluding carboxylic acids is 1. The van der Waals surface area contributed by atoms with Gasteiger partial charge in [0.05, 0.1) is 17.1 Å². The normalized spacial score (nSPS) is 18.4. The molecule has 0 saturated carbocycles. The van der Waals surface area contributed by atoms with Crippen LogP contribution in [0.4, 0.5) is 4.39 Å². The molecule has 1 N–H and O–H groups in total. The molecule has 1 aliphatic rings. The summed E-state index contributed by atoms with van der Waals surface area (Å²) >= 11 is 3.27. The van der Waals surface area contributed by atoms with Crippen LogP contribution >= 0.6 is 15.9 Å². The Bertz CT molecular complexity index is 475. The Morgan fingerprint density at radius 2 is 2.37 bits per heavy atom. The fraction of sp³-hybridized carbons (Fsp3) is 0.462. The quantitative estimate of drug-likeness (QED) is 0.861. The van der Waals surface area contributed by atoms with E-state index in [2.05, 4.69) is 26.0 Å². The van der Waals surface area contributed by atoms with E-state index in [9.17, 15) is 9.18 Å². The number of ether oxygens (including phenoxy) is 2. The molecule has 0 bridgehead atoms. The average molecular weight is 332 g/mol. The van der Waals surface area contributed by atoms with Gasteiger partial charge in [-0.1, -0.05) is 0 Å². The van der Waals surface area contributed by atoms with E-state index in [1.54, 1.807) is 0 Å². The second-order valence-electron chi connectivity index (χ2n) is 4.36. The minimum Gasteiger partial charge on any atom is -0.491 e. The van der Waals surface area contributed by atoms with Gasteiger partial charge in [-0.25, -0.2) is 9.18 Å². The summed E-state index contributed by atoms with van der Waals surface area (Å²) < 4.78 is 24.4. The topological polar surface area (TPSA) is 47.6 Å². The van der Waals surface area contributed by atoms with Crippen molar-refractivity contribution in [2.45, 2.75) is 18.9 Å². The van der Waals surface area contributed by atoms with E-state index in [0.717, 1.165) is 19.4 Å². The Balaban J connectivity index is 2.08. The largest absolute Gasteiger partial charge is 0.491 e. The molecule has 0 aromatic heterocycles. The first-order chi connectivity index (χ1) is 9.11. The molecule has 104 valence electrons. The third kappa shape index (κ3) is 3.45. The molecule has 1 aliphatic heterocycles. The first kappa shape index (κ1) is 14.3. The van der Waals surface area contributed by atoms with Crippen molar-refractivity contribution in [3.05, 3.63) is 28.0 Å². The van der Waals surface area contributed by atoms with Gasteiger partial charge in [0.2, 0.25) is 0 Å². The first-order valence-corrected chi connectivity index (χ1v) is 6.84. The SMILES string of the molecule is COC(=O)c1cc(Br)c(OC[C@H]2CCCN2)cc1F. The number of carbonyl (C=O) groups is 1. The number of hydrogen-bond donors (Lipinski definition) is 1. The third-order valence-electron chi connectivity index (χ3n) is 3.03. The number of nitrogens with one attached hydrogen (secondary N) is 1. The highest BCUT2D eigenvalue weighted by atomic mass is 79.9. The molecule has 0 amide bonds. The van der Waals surface area contributed by atoms with E-state index in [1.165, 1.54) is 19.2 Å². The average Bonchev–Trinajstić information content (AvgIpc) is 2.91. The number of halogens is 2. The van der Waals surface area contributed by atoms with Crippen molar-refractivity contribution in [1.29, 1.82) is 0 Å². The molecule has 6 heteroatoms. The molecule has 1 atom stereocenters. The van der Waals surface area contributed by atoms with Gasteiger partial charge in [0.15, 0.2) is 0 Å². The summed E-state index contributed by atoms with van der Waals surface area (Å²) in [4.78, 5) is 11.3. The molecule has 1 saturated heterocycles. The molecule has 19 heavy (non-hydrogen) atoms. The van der Waals surface area contributed by atoms with Gasteiger partial charge in [-0.05, 0) is 41.4 Å². The Morgan fingerprint density at radius 3 is 3.00 bits per heavy atom. The summed E-state index contributed by atoms with van der Waals surface area (Å²) in [6, 6.07) is 2.87. The van der Waals surface area contributed by atoms with Crippen LogP contribution in [0.5, 0.6) is 5.75 Å². The minimum atomic E-state index is -0.706. The Kier molecular flexibility index (Phi) is 4.76. The van der Waals surface area contributed by atoms with Gasteiger partial charge in [0.1, 0.15) is 18.2 Å². The smallest absolute Gasteiger partial charge is 0.340 e. The summed E-state index contributed by atoms with van der Waals surface area (Å²) in [5.74, 6) is -0.967. The Morgan fingerprint density at radius 1 is 1.58 bits per heavy atom. The fourth-order valence-electron chi connectivity index (χ4n) is 1.99. The lowest BCUT2D eigenvalue weighted by molar-refractivity contribution is 0.0595. The van der Waals surface area contributed by atoms with Gasteiger partial charge < -0.3 is 14.8 Å². The minimum absolute atomic E-state index is 0.110. The van der Waals surface area contributed by atoms with Crippen LogP contribution in [0.15, 0.2) is 16.6 Å². The van der Waals surface area contributed by atoms with Crippen molar-refractivity contribution in [3.8, 4) is 5.75 Å². The van der Waals surface area contributed by atoms with Gasteiger partial charge >= 0.3 is 5.97 Å². The highest BCUT2D eigenvalue weighted by molar-refractivity contribution is 9.10. The number of rotatable bonds is 4. The van der Waals surface area contributed by atoms with Crippen molar-refractivity contribution in [1.82, 2.24) is 5.32 Å². The maximum Gasteiger partial charge on any atom is 0.340 e. The second kappa shape index (κ2) is 6.34. The van der Waals surface area contributed by atoms with E-state index in [0.29, 0.717) is 22.9 Å². The fourth-order valence-corrected chi connectivity index (χ4v) is 2.45. The van der Waals surface area contributed by atoms with Crippen LogP contribution in [0, 0.1) is 5.82 Å².